The Balaban J connectivity index is 1.35. The smallest absolute Gasteiger partial charge is 0.224 e. The normalized spacial score (nSPS) is 24.8. The molecule has 2 saturated heterocycles. The summed E-state index contributed by atoms with van der Waals surface area (Å²) in [5.74, 6) is 0.691. The zero-order chi connectivity index (χ0) is 15.9. The van der Waals surface area contributed by atoms with Crippen LogP contribution in [0, 0.1) is 5.92 Å². The fraction of sp³-hybridized carbons (Fsp3) is 0.611. The summed E-state index contributed by atoms with van der Waals surface area (Å²) in [4.78, 5) is 14.3. The number of nitrogens with zero attached hydrogens (tertiary/aromatic N) is 1. The average molecular weight is 318 g/mol. The van der Waals surface area contributed by atoms with Gasteiger partial charge in [0.2, 0.25) is 5.91 Å². The molecule has 5 nitrogen and oxygen atoms in total. The molecule has 2 aliphatic heterocycles. The largest absolute Gasteiger partial charge is 0.378 e. The molecule has 2 fully saturated rings. The van der Waals surface area contributed by atoms with Crippen LogP contribution < -0.4 is 5.32 Å². The summed E-state index contributed by atoms with van der Waals surface area (Å²) in [6.45, 7) is 5.28. The summed E-state index contributed by atoms with van der Waals surface area (Å²) in [6.07, 6.45) is 1.58. The van der Waals surface area contributed by atoms with Crippen LogP contribution >= 0.6 is 0 Å². The number of amides is 1. The quantitative estimate of drug-likeness (QED) is 0.862. The molecule has 0 saturated carbocycles. The first kappa shape index (κ1) is 16.4. The first-order valence-electron chi connectivity index (χ1n) is 8.52. The van der Waals surface area contributed by atoms with Crippen molar-refractivity contribution in [1.29, 1.82) is 0 Å². The summed E-state index contributed by atoms with van der Waals surface area (Å²) in [5, 5.41) is 3.34. The maximum Gasteiger partial charge on any atom is 0.224 e. The third-order valence-electron chi connectivity index (χ3n) is 4.52. The van der Waals surface area contributed by atoms with Gasteiger partial charge < -0.3 is 19.7 Å². The molecule has 0 spiro atoms. The molecule has 0 bridgehead atoms. The molecule has 1 N–H and O–H groups in total. The van der Waals surface area contributed by atoms with Gasteiger partial charge in [-0.05, 0) is 12.0 Å². The topological polar surface area (TPSA) is 50.8 Å². The lowest BCUT2D eigenvalue weighted by Crippen LogP contribution is -2.44. The Bertz CT molecular complexity index is 488. The molecule has 2 aliphatic rings. The number of likely N-dealkylation sites (tertiary alicyclic amines) is 1. The van der Waals surface area contributed by atoms with Crippen molar-refractivity contribution in [2.75, 3.05) is 39.5 Å². The van der Waals surface area contributed by atoms with Gasteiger partial charge in [0.1, 0.15) is 0 Å². The standard InChI is InChI=1S/C18H26N2O3/c21-18(10-17-14-22-9-7-19-17)20-8-6-16(11-20)13-23-12-15-4-2-1-3-5-15/h1-5,16-17,19H,6-14H2. The highest BCUT2D eigenvalue weighted by Crippen LogP contribution is 2.18. The number of carbonyl (C=O) groups is 1. The van der Waals surface area contributed by atoms with E-state index in [-0.39, 0.29) is 11.9 Å². The summed E-state index contributed by atoms with van der Waals surface area (Å²) in [5.41, 5.74) is 1.20. The van der Waals surface area contributed by atoms with Gasteiger partial charge >= 0.3 is 0 Å². The van der Waals surface area contributed by atoms with Gasteiger partial charge in [0.15, 0.2) is 0 Å². The van der Waals surface area contributed by atoms with Crippen molar-refractivity contribution in [1.82, 2.24) is 10.2 Å². The third-order valence-corrected chi connectivity index (χ3v) is 4.52. The fourth-order valence-electron chi connectivity index (χ4n) is 3.20. The summed E-state index contributed by atoms with van der Waals surface area (Å²) in [7, 11) is 0. The van der Waals surface area contributed by atoms with Gasteiger partial charge in [0, 0.05) is 38.0 Å². The molecule has 2 unspecified atom stereocenters. The first-order valence-corrected chi connectivity index (χ1v) is 8.52. The van der Waals surface area contributed by atoms with Crippen molar-refractivity contribution in [3.63, 3.8) is 0 Å². The van der Waals surface area contributed by atoms with Gasteiger partial charge in [-0.3, -0.25) is 4.79 Å². The van der Waals surface area contributed by atoms with E-state index in [0.717, 1.165) is 39.3 Å². The lowest BCUT2D eigenvalue weighted by molar-refractivity contribution is -0.131. The second-order valence-corrected chi connectivity index (χ2v) is 6.43. The summed E-state index contributed by atoms with van der Waals surface area (Å²) < 4.78 is 11.2. The van der Waals surface area contributed by atoms with Crippen LogP contribution in [0.25, 0.3) is 0 Å². The third kappa shape index (κ3) is 5.03. The number of nitrogens with one attached hydrogen (secondary N) is 1. The molecular formula is C18H26N2O3. The number of benzene rings is 1. The SMILES string of the molecule is O=C(CC1COCCN1)N1CCC(COCc2ccccc2)C1. The number of rotatable bonds is 6. The van der Waals surface area contributed by atoms with Gasteiger partial charge in [-0.25, -0.2) is 0 Å². The minimum absolute atomic E-state index is 0.171. The van der Waals surface area contributed by atoms with Crippen LogP contribution in [0.3, 0.4) is 0 Å². The monoisotopic (exact) mass is 318 g/mol. The van der Waals surface area contributed by atoms with Crippen molar-refractivity contribution in [2.24, 2.45) is 5.92 Å². The average Bonchev–Trinajstić information content (AvgIpc) is 3.06. The molecule has 2 atom stereocenters. The Hall–Kier alpha value is -1.43. The van der Waals surface area contributed by atoms with E-state index < -0.39 is 0 Å². The van der Waals surface area contributed by atoms with Crippen molar-refractivity contribution >= 4 is 5.91 Å². The second-order valence-electron chi connectivity index (χ2n) is 6.43. The van der Waals surface area contributed by atoms with E-state index in [1.54, 1.807) is 0 Å². The van der Waals surface area contributed by atoms with Crippen LogP contribution in [0.1, 0.15) is 18.4 Å². The van der Waals surface area contributed by atoms with Crippen LogP contribution in [0.5, 0.6) is 0 Å². The van der Waals surface area contributed by atoms with Gasteiger partial charge in [0.25, 0.3) is 0 Å². The predicted molar refractivity (Wildman–Crippen MR) is 88.0 cm³/mol. The van der Waals surface area contributed by atoms with Crippen molar-refractivity contribution in [3.8, 4) is 0 Å². The molecule has 5 heteroatoms. The van der Waals surface area contributed by atoms with Crippen molar-refractivity contribution in [3.05, 3.63) is 35.9 Å². The number of morpholine rings is 1. The predicted octanol–water partition coefficient (Wildman–Crippen LogP) is 1.43. The number of hydrogen-bond acceptors (Lipinski definition) is 4. The van der Waals surface area contributed by atoms with E-state index in [0.29, 0.717) is 25.6 Å². The molecule has 23 heavy (non-hydrogen) atoms. The maximum absolute atomic E-state index is 12.3. The van der Waals surface area contributed by atoms with Crippen LogP contribution in [0.4, 0.5) is 0 Å². The Morgan fingerprint density at radius 2 is 2.22 bits per heavy atom. The van der Waals surface area contributed by atoms with Gasteiger partial charge in [-0.15, -0.1) is 0 Å². The van der Waals surface area contributed by atoms with Crippen LogP contribution in [0.15, 0.2) is 30.3 Å². The molecule has 2 heterocycles. The van der Waals surface area contributed by atoms with Crippen LogP contribution in [-0.4, -0.2) is 56.3 Å². The number of ether oxygens (including phenoxy) is 2. The maximum atomic E-state index is 12.3. The summed E-state index contributed by atoms with van der Waals surface area (Å²) in [6, 6.07) is 10.4. The molecule has 0 aromatic heterocycles. The molecule has 1 amide bonds. The lowest BCUT2D eigenvalue weighted by Gasteiger charge is -2.25. The molecule has 126 valence electrons. The molecule has 1 aromatic carbocycles. The van der Waals surface area contributed by atoms with E-state index in [2.05, 4.69) is 17.4 Å². The highest BCUT2D eigenvalue weighted by molar-refractivity contribution is 5.77. The molecule has 0 radical (unpaired) electrons. The Morgan fingerprint density at radius 3 is 3.00 bits per heavy atom. The summed E-state index contributed by atoms with van der Waals surface area (Å²) >= 11 is 0. The van der Waals surface area contributed by atoms with Gasteiger partial charge in [-0.1, -0.05) is 30.3 Å². The number of carbonyl (C=O) groups excluding carboxylic acids is 1. The Morgan fingerprint density at radius 1 is 1.35 bits per heavy atom. The lowest BCUT2D eigenvalue weighted by atomic mass is 10.1. The second kappa shape index (κ2) is 8.43. The van der Waals surface area contributed by atoms with Crippen molar-refractivity contribution in [2.45, 2.75) is 25.5 Å². The van der Waals surface area contributed by atoms with Gasteiger partial charge in [-0.2, -0.15) is 0 Å². The fourth-order valence-corrected chi connectivity index (χ4v) is 3.20. The van der Waals surface area contributed by atoms with E-state index >= 15 is 0 Å². The number of hydrogen-bond donors (Lipinski definition) is 1. The van der Waals surface area contributed by atoms with E-state index in [4.69, 9.17) is 9.47 Å². The van der Waals surface area contributed by atoms with Crippen LogP contribution in [-0.2, 0) is 20.9 Å². The Kier molecular flexibility index (Phi) is 6.02. The Labute approximate surface area is 137 Å². The van der Waals surface area contributed by atoms with Crippen LogP contribution in [0.2, 0.25) is 0 Å². The highest BCUT2D eigenvalue weighted by Gasteiger charge is 2.28. The molecule has 0 aliphatic carbocycles. The minimum atomic E-state index is 0.171. The molecule has 1 aromatic rings. The minimum Gasteiger partial charge on any atom is -0.378 e. The zero-order valence-corrected chi connectivity index (χ0v) is 13.6. The van der Waals surface area contributed by atoms with Crippen molar-refractivity contribution < 1.29 is 14.3 Å². The van der Waals surface area contributed by atoms with E-state index in [1.165, 1.54) is 5.56 Å². The molecular weight excluding hydrogens is 292 g/mol. The van der Waals surface area contributed by atoms with E-state index in [1.807, 2.05) is 23.1 Å². The van der Waals surface area contributed by atoms with Gasteiger partial charge in [0.05, 0.1) is 26.4 Å². The highest BCUT2D eigenvalue weighted by atomic mass is 16.5. The first-order chi connectivity index (χ1) is 11.3. The van der Waals surface area contributed by atoms with E-state index in [9.17, 15) is 4.79 Å². The zero-order valence-electron chi connectivity index (χ0n) is 13.6. The molecule has 3 rings (SSSR count).